The number of aryl methyl sites for hydroxylation is 1. The van der Waals surface area contributed by atoms with Crippen LogP contribution in [0.2, 0.25) is 0 Å². The molecule has 44 heavy (non-hydrogen) atoms. The lowest BCUT2D eigenvalue weighted by molar-refractivity contribution is -0.118. The monoisotopic (exact) mass is 714 g/mol. The predicted molar refractivity (Wildman–Crippen MR) is 178 cm³/mol. The summed E-state index contributed by atoms with van der Waals surface area (Å²) < 4.78 is 20.1. The third-order valence-corrected chi connectivity index (χ3v) is 8.01. The minimum Gasteiger partial charge on any atom is -0.493 e. The number of ether oxygens (including phenoxy) is 2. The minimum atomic E-state index is -0.355. The normalized spacial score (nSPS) is 11.4. The van der Waals surface area contributed by atoms with Crippen LogP contribution in [0.25, 0.3) is 33.5 Å². The summed E-state index contributed by atoms with van der Waals surface area (Å²) >= 11 is 7.04. The van der Waals surface area contributed by atoms with E-state index in [9.17, 15) is 9.59 Å². The molecule has 9 nitrogen and oxygen atoms in total. The number of nitrogens with one attached hydrogen (secondary N) is 1. The van der Waals surface area contributed by atoms with Gasteiger partial charge in [0.25, 0.3) is 11.5 Å². The number of carbonyl (C=O) groups is 1. The molecule has 4 aromatic carbocycles. The largest absolute Gasteiger partial charge is 0.493 e. The van der Waals surface area contributed by atoms with Crippen LogP contribution >= 0.6 is 31.9 Å². The molecule has 0 radical (unpaired) electrons. The summed E-state index contributed by atoms with van der Waals surface area (Å²) in [7, 11) is 1.50. The maximum absolute atomic E-state index is 13.6. The molecule has 0 aliphatic heterocycles. The van der Waals surface area contributed by atoms with E-state index >= 15 is 0 Å². The molecule has 0 aliphatic rings. The van der Waals surface area contributed by atoms with Crippen molar-refractivity contribution in [3.05, 3.63) is 115 Å². The fraction of sp³-hybridized carbons (Fsp3) is 0.0909. The molecule has 220 valence electrons. The number of hydrogen-bond acceptors (Lipinski definition) is 7. The highest BCUT2D eigenvalue weighted by molar-refractivity contribution is 9.10. The number of benzene rings is 4. The molecule has 0 saturated heterocycles. The Kier molecular flexibility index (Phi) is 8.32. The van der Waals surface area contributed by atoms with E-state index in [1.54, 1.807) is 30.3 Å². The van der Waals surface area contributed by atoms with Crippen LogP contribution in [0.4, 0.5) is 5.69 Å². The average molecular weight is 716 g/mol. The Morgan fingerprint density at radius 2 is 1.82 bits per heavy atom. The van der Waals surface area contributed by atoms with Crippen LogP contribution in [-0.4, -0.2) is 35.5 Å². The number of para-hydroxylation sites is 2. The number of nitrogens with zero attached hydrogens (tertiary/aromatic N) is 3. The van der Waals surface area contributed by atoms with Gasteiger partial charge in [-0.05, 0) is 83.0 Å². The summed E-state index contributed by atoms with van der Waals surface area (Å²) in [5, 5.41) is 8.65. The summed E-state index contributed by atoms with van der Waals surface area (Å²) in [4.78, 5) is 30.9. The molecule has 2 aromatic heterocycles. The molecule has 0 spiro atoms. The first-order valence-corrected chi connectivity index (χ1v) is 15.0. The van der Waals surface area contributed by atoms with Gasteiger partial charge in [0.05, 0.1) is 24.2 Å². The van der Waals surface area contributed by atoms with E-state index in [1.165, 1.54) is 18.0 Å². The summed E-state index contributed by atoms with van der Waals surface area (Å²) in [5.41, 5.74) is 3.08. The molecule has 0 unspecified atom stereocenters. The highest BCUT2D eigenvalue weighted by Crippen LogP contribution is 2.33. The molecule has 1 amide bonds. The van der Waals surface area contributed by atoms with E-state index in [2.05, 4.69) is 42.3 Å². The number of rotatable bonds is 8. The molecule has 0 fully saturated rings. The van der Waals surface area contributed by atoms with Crippen molar-refractivity contribution < 1.29 is 18.7 Å². The summed E-state index contributed by atoms with van der Waals surface area (Å²) in [6.07, 6.45) is 1.52. The number of anilines is 1. The van der Waals surface area contributed by atoms with E-state index < -0.39 is 0 Å². The van der Waals surface area contributed by atoms with E-state index in [0.29, 0.717) is 49.5 Å². The van der Waals surface area contributed by atoms with Crippen molar-refractivity contribution in [2.75, 3.05) is 19.0 Å². The second-order valence-corrected chi connectivity index (χ2v) is 11.6. The third kappa shape index (κ3) is 6.01. The second-order valence-electron chi connectivity index (χ2n) is 9.78. The number of carbonyl (C=O) groups excluding carboxylic acids is 1. The minimum absolute atomic E-state index is 0.222. The van der Waals surface area contributed by atoms with Gasteiger partial charge in [0.15, 0.2) is 23.9 Å². The molecule has 6 aromatic rings. The standard InChI is InChI=1S/C33H24Br2N4O5/c1-19-7-3-5-9-25(19)37-31(40)18-43-29-16-24(35)21(15-28(29)42-2)17-36-39-32(38-26-10-6-4-8-23(26)33(39)41)30-14-20-13-22(34)11-12-27(20)44-30/h3-17H,18H2,1-2H3,(H,37,40). The van der Waals surface area contributed by atoms with Crippen molar-refractivity contribution in [3.63, 3.8) is 0 Å². The number of methoxy groups -OCH3 is 1. The van der Waals surface area contributed by atoms with E-state index in [0.717, 1.165) is 15.4 Å². The first kappa shape index (κ1) is 29.3. The van der Waals surface area contributed by atoms with Gasteiger partial charge < -0.3 is 19.2 Å². The zero-order valence-corrected chi connectivity index (χ0v) is 26.7. The fourth-order valence-electron chi connectivity index (χ4n) is 4.60. The van der Waals surface area contributed by atoms with E-state index in [4.69, 9.17) is 18.9 Å². The van der Waals surface area contributed by atoms with Crippen LogP contribution < -0.4 is 20.3 Å². The Bertz CT molecular complexity index is 2140. The SMILES string of the molecule is COc1cc(C=Nn2c(-c3cc4cc(Br)ccc4o3)nc3ccccc3c2=O)c(Br)cc1OCC(=O)Nc1ccccc1C. The van der Waals surface area contributed by atoms with Crippen LogP contribution in [0, 0.1) is 6.92 Å². The van der Waals surface area contributed by atoms with Gasteiger partial charge in [-0.1, -0.05) is 46.3 Å². The number of furan rings is 1. The maximum Gasteiger partial charge on any atom is 0.282 e. The van der Waals surface area contributed by atoms with E-state index in [1.807, 2.05) is 61.5 Å². The van der Waals surface area contributed by atoms with Gasteiger partial charge in [0, 0.05) is 25.6 Å². The first-order chi connectivity index (χ1) is 21.3. The highest BCUT2D eigenvalue weighted by Gasteiger charge is 2.17. The van der Waals surface area contributed by atoms with Crippen molar-refractivity contribution in [2.24, 2.45) is 5.10 Å². The number of fused-ring (bicyclic) bond motifs is 2. The Morgan fingerprint density at radius 1 is 1.02 bits per heavy atom. The fourth-order valence-corrected chi connectivity index (χ4v) is 5.40. The zero-order valence-electron chi connectivity index (χ0n) is 23.5. The van der Waals surface area contributed by atoms with Crippen LogP contribution in [0.15, 0.2) is 108 Å². The molecular weight excluding hydrogens is 692 g/mol. The van der Waals surface area contributed by atoms with Crippen LogP contribution in [0.3, 0.4) is 0 Å². The van der Waals surface area contributed by atoms with Crippen LogP contribution in [0.1, 0.15) is 11.1 Å². The van der Waals surface area contributed by atoms with Crippen molar-refractivity contribution in [3.8, 4) is 23.1 Å². The average Bonchev–Trinajstić information content (AvgIpc) is 3.44. The number of halogens is 2. The number of hydrogen-bond donors (Lipinski definition) is 1. The smallest absolute Gasteiger partial charge is 0.282 e. The summed E-state index contributed by atoms with van der Waals surface area (Å²) in [5.74, 6) is 1.07. The molecule has 0 atom stereocenters. The van der Waals surface area contributed by atoms with Gasteiger partial charge >= 0.3 is 0 Å². The predicted octanol–water partition coefficient (Wildman–Crippen LogP) is 7.55. The van der Waals surface area contributed by atoms with Crippen LogP contribution in [0.5, 0.6) is 11.5 Å². The summed E-state index contributed by atoms with van der Waals surface area (Å²) in [6.45, 7) is 1.69. The van der Waals surface area contributed by atoms with Crippen molar-refractivity contribution in [2.45, 2.75) is 6.92 Å². The molecule has 0 bridgehead atoms. The topological polar surface area (TPSA) is 108 Å². The highest BCUT2D eigenvalue weighted by atomic mass is 79.9. The van der Waals surface area contributed by atoms with Crippen molar-refractivity contribution >= 4 is 71.5 Å². The van der Waals surface area contributed by atoms with Crippen molar-refractivity contribution in [1.29, 1.82) is 0 Å². The lowest BCUT2D eigenvalue weighted by Gasteiger charge is -2.13. The van der Waals surface area contributed by atoms with E-state index in [-0.39, 0.29) is 23.9 Å². The molecule has 0 saturated carbocycles. The van der Waals surface area contributed by atoms with Gasteiger partial charge in [-0.2, -0.15) is 9.78 Å². The zero-order chi connectivity index (χ0) is 30.8. The molecule has 2 heterocycles. The third-order valence-electron chi connectivity index (χ3n) is 6.83. The number of amides is 1. The van der Waals surface area contributed by atoms with Gasteiger partial charge in [-0.15, -0.1) is 0 Å². The van der Waals surface area contributed by atoms with Gasteiger partial charge in [0.1, 0.15) is 5.58 Å². The van der Waals surface area contributed by atoms with Gasteiger partial charge in [-0.25, -0.2) is 4.98 Å². The first-order valence-electron chi connectivity index (χ1n) is 13.4. The quantitative estimate of drug-likeness (QED) is 0.163. The molecule has 11 heteroatoms. The summed E-state index contributed by atoms with van der Waals surface area (Å²) in [6, 6.07) is 25.4. The Balaban J connectivity index is 1.32. The number of aromatic nitrogens is 2. The molecule has 1 N–H and O–H groups in total. The molecule has 6 rings (SSSR count). The van der Waals surface area contributed by atoms with Crippen molar-refractivity contribution in [1.82, 2.24) is 9.66 Å². The lowest BCUT2D eigenvalue weighted by Crippen LogP contribution is -2.21. The lowest BCUT2D eigenvalue weighted by atomic mass is 10.2. The van der Waals surface area contributed by atoms with Gasteiger partial charge in [0.2, 0.25) is 5.82 Å². The molecular formula is C33H24Br2N4O5. The maximum atomic E-state index is 13.6. The molecule has 0 aliphatic carbocycles. The Hall–Kier alpha value is -4.74. The second kappa shape index (κ2) is 12.5. The van der Waals surface area contributed by atoms with Crippen LogP contribution in [-0.2, 0) is 4.79 Å². The Labute approximate surface area is 268 Å². The Morgan fingerprint density at radius 3 is 2.64 bits per heavy atom. The van der Waals surface area contributed by atoms with Gasteiger partial charge in [-0.3, -0.25) is 9.59 Å².